The molecule has 0 saturated carbocycles. The van der Waals surface area contributed by atoms with E-state index >= 15 is 0 Å². The van der Waals surface area contributed by atoms with Gasteiger partial charge < -0.3 is 28.7 Å². The van der Waals surface area contributed by atoms with Gasteiger partial charge in [-0.2, -0.15) is 0 Å². The van der Waals surface area contributed by atoms with Gasteiger partial charge in [0, 0.05) is 0 Å². The predicted octanol–water partition coefficient (Wildman–Crippen LogP) is 8.29. The van der Waals surface area contributed by atoms with Crippen molar-refractivity contribution in [2.24, 2.45) is 0 Å². The van der Waals surface area contributed by atoms with E-state index in [1.807, 2.05) is 112 Å². The van der Waals surface area contributed by atoms with Gasteiger partial charge in [-0.1, -0.05) is 112 Å². The molecule has 0 radical (unpaired) electrons. The molecular weight excluding hydrogens is 582 g/mol. The molecule has 0 aromatic heterocycles. The number of rotatable bonds is 16. The van der Waals surface area contributed by atoms with Crippen molar-refractivity contribution >= 4 is 14.4 Å². The second kappa shape index (κ2) is 17.1. The molecular formula is C37H53NO6Si. The van der Waals surface area contributed by atoms with E-state index in [0.717, 1.165) is 16.7 Å². The second-order valence-corrected chi connectivity index (χ2v) is 18.7. The Morgan fingerprint density at radius 1 is 0.689 bits per heavy atom. The Morgan fingerprint density at radius 3 is 1.62 bits per heavy atom. The average Bonchev–Trinajstić information content (AvgIpc) is 2.98. The van der Waals surface area contributed by atoms with E-state index in [1.165, 1.54) is 0 Å². The highest BCUT2D eigenvalue weighted by atomic mass is 28.4. The van der Waals surface area contributed by atoms with Crippen LogP contribution in [0.1, 0.15) is 58.2 Å². The van der Waals surface area contributed by atoms with Crippen molar-refractivity contribution in [2.75, 3.05) is 13.2 Å². The quantitative estimate of drug-likeness (QED) is 0.160. The van der Waals surface area contributed by atoms with Crippen molar-refractivity contribution < 1.29 is 28.2 Å². The number of alkyl carbamates (subject to hydrolysis) is 1. The Hall–Kier alpha value is -3.01. The third kappa shape index (κ3) is 13.1. The average molecular weight is 636 g/mol. The summed E-state index contributed by atoms with van der Waals surface area (Å²) in [6.45, 7) is 18.2. The maximum Gasteiger partial charge on any atom is 0.408 e. The van der Waals surface area contributed by atoms with Crippen molar-refractivity contribution in [1.29, 1.82) is 0 Å². The van der Waals surface area contributed by atoms with Crippen LogP contribution in [0, 0.1) is 0 Å². The fourth-order valence-electron chi connectivity index (χ4n) is 4.33. The van der Waals surface area contributed by atoms with Crippen LogP contribution in [0.4, 0.5) is 4.79 Å². The van der Waals surface area contributed by atoms with Gasteiger partial charge in [0.1, 0.15) is 17.8 Å². The van der Waals surface area contributed by atoms with Gasteiger partial charge in [0.2, 0.25) is 0 Å². The number of carbonyl (C=O) groups excluding carboxylic acids is 1. The first-order chi connectivity index (χ1) is 21.2. The van der Waals surface area contributed by atoms with Crippen LogP contribution in [0.15, 0.2) is 91.0 Å². The molecule has 7 nitrogen and oxygen atoms in total. The van der Waals surface area contributed by atoms with Crippen LogP contribution < -0.4 is 5.32 Å². The molecule has 3 rings (SSSR count). The third-order valence-corrected chi connectivity index (χ3v) is 12.4. The van der Waals surface area contributed by atoms with E-state index in [1.54, 1.807) is 0 Å². The first-order valence-electron chi connectivity index (χ1n) is 15.8. The van der Waals surface area contributed by atoms with Crippen LogP contribution >= 0.6 is 0 Å². The minimum atomic E-state index is -2.16. The van der Waals surface area contributed by atoms with E-state index in [0.29, 0.717) is 26.4 Å². The molecule has 246 valence electrons. The fourth-order valence-corrected chi connectivity index (χ4v) is 5.34. The molecule has 0 fully saturated rings. The molecule has 0 spiro atoms. The molecule has 0 saturated heterocycles. The normalized spacial score (nSPS) is 14.4. The zero-order chi connectivity index (χ0) is 32.9. The highest BCUT2D eigenvalue weighted by Crippen LogP contribution is 2.37. The molecule has 1 amide bonds. The Labute approximate surface area is 271 Å². The van der Waals surface area contributed by atoms with Gasteiger partial charge in [0.15, 0.2) is 8.32 Å². The van der Waals surface area contributed by atoms with E-state index in [4.69, 9.17) is 23.4 Å². The predicted molar refractivity (Wildman–Crippen MR) is 182 cm³/mol. The lowest BCUT2D eigenvalue weighted by Crippen LogP contribution is -2.55. The molecule has 1 N–H and O–H groups in total. The Morgan fingerprint density at radius 2 is 1.16 bits per heavy atom. The lowest BCUT2D eigenvalue weighted by molar-refractivity contribution is -0.123. The van der Waals surface area contributed by atoms with Crippen molar-refractivity contribution in [2.45, 2.75) is 103 Å². The summed E-state index contributed by atoms with van der Waals surface area (Å²) in [6.07, 6.45) is -1.69. The number of ether oxygens (including phenoxy) is 4. The number of benzene rings is 3. The Bertz CT molecular complexity index is 1260. The number of carbonyl (C=O) groups is 1. The summed E-state index contributed by atoms with van der Waals surface area (Å²) < 4.78 is 32.0. The van der Waals surface area contributed by atoms with E-state index in [-0.39, 0.29) is 11.6 Å². The van der Waals surface area contributed by atoms with Gasteiger partial charge in [-0.3, -0.25) is 0 Å². The molecule has 3 aromatic carbocycles. The largest absolute Gasteiger partial charge is 0.444 e. The molecule has 3 aromatic rings. The third-order valence-electron chi connectivity index (χ3n) is 7.88. The lowest BCUT2D eigenvalue weighted by Gasteiger charge is -2.39. The summed E-state index contributed by atoms with van der Waals surface area (Å²) in [5.41, 5.74) is 2.41. The van der Waals surface area contributed by atoms with E-state index in [9.17, 15) is 4.79 Å². The van der Waals surface area contributed by atoms with Crippen molar-refractivity contribution in [1.82, 2.24) is 5.32 Å². The smallest absolute Gasteiger partial charge is 0.408 e. The number of hydrogen-bond acceptors (Lipinski definition) is 6. The molecule has 0 unspecified atom stereocenters. The highest BCUT2D eigenvalue weighted by Gasteiger charge is 2.40. The van der Waals surface area contributed by atoms with Crippen LogP contribution in [0.3, 0.4) is 0 Å². The van der Waals surface area contributed by atoms with E-state index < -0.39 is 38.3 Å². The second-order valence-electron chi connectivity index (χ2n) is 13.9. The summed E-state index contributed by atoms with van der Waals surface area (Å²) in [5, 5.41) is 3.07. The summed E-state index contributed by atoms with van der Waals surface area (Å²) >= 11 is 0. The standard InChI is InChI=1S/C37H53NO6Si/c1-36(2,3)44-35(39)38-32(27-40-24-29-18-12-9-13-19-29)34(42-26-31-22-16-11-17-23-31)33(28-43-45(7,8)37(4,5)6)41-25-30-20-14-10-15-21-30/h9-23,32-34H,24-28H2,1-8H3,(H,38,39)/t32-,33+,34-/m1/s1. The molecule has 3 atom stereocenters. The van der Waals surface area contributed by atoms with Crippen molar-refractivity contribution in [3.8, 4) is 0 Å². The highest BCUT2D eigenvalue weighted by molar-refractivity contribution is 6.74. The minimum Gasteiger partial charge on any atom is -0.444 e. The van der Waals surface area contributed by atoms with Gasteiger partial charge >= 0.3 is 6.09 Å². The molecule has 0 aliphatic carbocycles. The van der Waals surface area contributed by atoms with Crippen LogP contribution in [-0.2, 0) is 43.2 Å². The molecule has 0 aliphatic heterocycles. The van der Waals surface area contributed by atoms with Crippen molar-refractivity contribution in [3.05, 3.63) is 108 Å². The van der Waals surface area contributed by atoms with Gasteiger partial charge in [-0.15, -0.1) is 0 Å². The monoisotopic (exact) mass is 635 g/mol. The van der Waals surface area contributed by atoms with Crippen LogP contribution in [-0.4, -0.2) is 51.5 Å². The van der Waals surface area contributed by atoms with Crippen molar-refractivity contribution in [3.63, 3.8) is 0 Å². The molecule has 45 heavy (non-hydrogen) atoms. The summed E-state index contributed by atoms with van der Waals surface area (Å²) in [7, 11) is -2.16. The molecule has 0 aliphatic rings. The minimum absolute atomic E-state index is 0.00430. The summed E-state index contributed by atoms with van der Waals surface area (Å²) in [5.74, 6) is 0. The topological polar surface area (TPSA) is 75.3 Å². The van der Waals surface area contributed by atoms with Crippen LogP contribution in [0.2, 0.25) is 18.1 Å². The molecule has 0 bridgehead atoms. The lowest BCUT2D eigenvalue weighted by atomic mass is 10.1. The Balaban J connectivity index is 1.96. The SMILES string of the molecule is CC(C)(C)OC(=O)N[C@H](COCc1ccccc1)[C@@H](OCc1ccccc1)[C@H](CO[Si](C)(C)C(C)(C)C)OCc1ccccc1. The van der Waals surface area contributed by atoms with Gasteiger partial charge in [-0.25, -0.2) is 4.79 Å². The van der Waals surface area contributed by atoms with Crippen LogP contribution in [0.25, 0.3) is 0 Å². The van der Waals surface area contributed by atoms with Gasteiger partial charge in [-0.05, 0) is 55.6 Å². The molecule has 0 heterocycles. The zero-order valence-electron chi connectivity index (χ0n) is 28.4. The van der Waals surface area contributed by atoms with E-state index in [2.05, 4.69) is 39.2 Å². The summed E-state index contributed by atoms with van der Waals surface area (Å²) in [4.78, 5) is 13.2. The fraction of sp³-hybridized carbons (Fsp3) is 0.486. The van der Waals surface area contributed by atoms with Crippen LogP contribution in [0.5, 0.6) is 0 Å². The van der Waals surface area contributed by atoms with Gasteiger partial charge in [0.25, 0.3) is 0 Å². The Kier molecular flexibility index (Phi) is 13.8. The first-order valence-corrected chi connectivity index (χ1v) is 18.7. The number of amides is 1. The maximum atomic E-state index is 13.2. The number of nitrogens with one attached hydrogen (secondary N) is 1. The zero-order valence-corrected chi connectivity index (χ0v) is 29.4. The first kappa shape index (κ1) is 36.5. The van der Waals surface area contributed by atoms with Gasteiger partial charge in [0.05, 0.1) is 39.1 Å². The number of hydrogen-bond donors (Lipinski definition) is 1. The maximum absolute atomic E-state index is 13.2. The molecule has 8 heteroatoms. The summed E-state index contributed by atoms with van der Waals surface area (Å²) in [6, 6.07) is 29.4.